The van der Waals surface area contributed by atoms with Gasteiger partial charge >= 0.3 is 0 Å². The number of anilines is 2. The number of hydrogen-bond acceptors (Lipinski definition) is 3. The Bertz CT molecular complexity index is 768. The van der Waals surface area contributed by atoms with Crippen molar-refractivity contribution in [3.05, 3.63) is 52.5 Å². The first-order chi connectivity index (χ1) is 11.4. The lowest BCUT2D eigenvalue weighted by Gasteiger charge is -2.15. The van der Waals surface area contributed by atoms with Gasteiger partial charge in [0, 0.05) is 16.8 Å². The predicted octanol–water partition coefficient (Wildman–Crippen LogP) is 5.07. The zero-order valence-corrected chi connectivity index (χ0v) is 15.4. The van der Waals surface area contributed by atoms with Crippen LogP contribution in [0.25, 0.3) is 0 Å². The zero-order chi connectivity index (χ0) is 17.7. The quantitative estimate of drug-likeness (QED) is 0.709. The van der Waals surface area contributed by atoms with Crippen LogP contribution in [-0.2, 0) is 9.59 Å². The molecular weight excluding hydrogens is 367 g/mol. The van der Waals surface area contributed by atoms with Crippen LogP contribution in [0, 0.1) is 0 Å². The summed E-state index contributed by atoms with van der Waals surface area (Å²) >= 11 is 13.5. The van der Waals surface area contributed by atoms with E-state index in [1.165, 1.54) is 18.7 Å². The van der Waals surface area contributed by atoms with Crippen LogP contribution in [-0.4, -0.2) is 17.1 Å². The van der Waals surface area contributed by atoms with Crippen LogP contribution >= 0.6 is 35.0 Å². The van der Waals surface area contributed by atoms with Gasteiger partial charge in [0.2, 0.25) is 11.8 Å². The van der Waals surface area contributed by atoms with Crippen molar-refractivity contribution in [3.63, 3.8) is 0 Å². The molecule has 0 spiro atoms. The minimum atomic E-state index is -0.381. The van der Waals surface area contributed by atoms with Crippen LogP contribution in [0.4, 0.5) is 11.4 Å². The van der Waals surface area contributed by atoms with Crippen molar-refractivity contribution in [2.75, 3.05) is 10.6 Å². The number of thioether (sulfide) groups is 1. The first-order valence-corrected chi connectivity index (χ1v) is 8.79. The molecule has 0 saturated carbocycles. The topological polar surface area (TPSA) is 58.2 Å². The Balaban J connectivity index is 2.12. The van der Waals surface area contributed by atoms with Crippen molar-refractivity contribution in [2.45, 2.75) is 24.0 Å². The molecule has 2 amide bonds. The zero-order valence-electron chi connectivity index (χ0n) is 13.1. The van der Waals surface area contributed by atoms with Gasteiger partial charge in [-0.1, -0.05) is 35.3 Å². The Hall–Kier alpha value is -1.69. The monoisotopic (exact) mass is 382 g/mol. The first kappa shape index (κ1) is 18.6. The molecule has 2 rings (SSSR count). The number of halogens is 2. The summed E-state index contributed by atoms with van der Waals surface area (Å²) in [6.07, 6.45) is 0. The summed E-state index contributed by atoms with van der Waals surface area (Å²) in [6.45, 7) is 3.18. The molecule has 0 aliphatic rings. The van der Waals surface area contributed by atoms with E-state index in [2.05, 4.69) is 10.6 Å². The molecule has 4 nitrogen and oxygen atoms in total. The second-order valence-electron chi connectivity index (χ2n) is 5.05. The third kappa shape index (κ3) is 5.16. The second kappa shape index (κ2) is 8.42. The lowest BCUT2D eigenvalue weighted by molar-refractivity contribution is -0.116. The smallest absolute Gasteiger partial charge is 0.237 e. The molecule has 0 fully saturated rings. The maximum atomic E-state index is 12.4. The van der Waals surface area contributed by atoms with Crippen molar-refractivity contribution >= 4 is 58.2 Å². The van der Waals surface area contributed by atoms with E-state index in [4.69, 9.17) is 23.2 Å². The molecule has 0 heterocycles. The van der Waals surface area contributed by atoms with Crippen molar-refractivity contribution in [2.24, 2.45) is 0 Å². The van der Waals surface area contributed by atoms with Crippen LogP contribution < -0.4 is 10.6 Å². The Morgan fingerprint density at radius 1 is 1.04 bits per heavy atom. The SMILES string of the molecule is CC(=O)Nc1ccc(Cl)cc1NC(=O)C(C)Sc1ccccc1Cl. The Labute approximate surface area is 154 Å². The van der Waals surface area contributed by atoms with Gasteiger partial charge < -0.3 is 10.6 Å². The lowest BCUT2D eigenvalue weighted by Crippen LogP contribution is -2.23. The summed E-state index contributed by atoms with van der Waals surface area (Å²) in [5.74, 6) is -0.444. The van der Waals surface area contributed by atoms with E-state index in [1.807, 2.05) is 18.2 Å². The fourth-order valence-corrected chi connectivity index (χ4v) is 3.26. The van der Waals surface area contributed by atoms with Gasteiger partial charge in [-0.05, 0) is 37.3 Å². The Morgan fingerprint density at radius 2 is 1.75 bits per heavy atom. The largest absolute Gasteiger partial charge is 0.325 e. The van der Waals surface area contributed by atoms with Crippen molar-refractivity contribution in [1.82, 2.24) is 0 Å². The van der Waals surface area contributed by atoms with E-state index in [-0.39, 0.29) is 17.1 Å². The molecule has 24 heavy (non-hydrogen) atoms. The molecule has 0 radical (unpaired) electrons. The first-order valence-electron chi connectivity index (χ1n) is 7.16. The summed E-state index contributed by atoms with van der Waals surface area (Å²) in [4.78, 5) is 24.5. The minimum absolute atomic E-state index is 0.214. The molecule has 0 aliphatic carbocycles. The highest BCUT2D eigenvalue weighted by molar-refractivity contribution is 8.00. The van der Waals surface area contributed by atoms with Crippen LogP contribution in [0.1, 0.15) is 13.8 Å². The number of amides is 2. The molecule has 1 atom stereocenters. The fraction of sp³-hybridized carbons (Fsp3) is 0.176. The van der Waals surface area contributed by atoms with E-state index in [1.54, 1.807) is 31.2 Å². The number of carbonyl (C=O) groups is 2. The van der Waals surface area contributed by atoms with Gasteiger partial charge in [-0.3, -0.25) is 9.59 Å². The summed E-state index contributed by atoms with van der Waals surface area (Å²) in [7, 11) is 0. The number of nitrogens with one attached hydrogen (secondary N) is 2. The highest BCUT2D eigenvalue weighted by atomic mass is 35.5. The molecule has 0 saturated heterocycles. The summed E-state index contributed by atoms with van der Waals surface area (Å²) in [6, 6.07) is 12.2. The predicted molar refractivity (Wildman–Crippen MR) is 101 cm³/mol. The van der Waals surface area contributed by atoms with Gasteiger partial charge in [0.15, 0.2) is 0 Å². The third-order valence-corrected chi connectivity index (χ3v) is 4.91. The molecule has 0 aliphatic heterocycles. The number of rotatable bonds is 5. The van der Waals surface area contributed by atoms with Crippen LogP contribution in [0.3, 0.4) is 0 Å². The summed E-state index contributed by atoms with van der Waals surface area (Å²) in [5, 5.41) is 6.14. The molecule has 2 aromatic rings. The number of hydrogen-bond donors (Lipinski definition) is 2. The summed E-state index contributed by atoms with van der Waals surface area (Å²) < 4.78 is 0. The van der Waals surface area contributed by atoms with E-state index in [9.17, 15) is 9.59 Å². The van der Waals surface area contributed by atoms with E-state index in [0.717, 1.165) is 4.90 Å². The standard InChI is InChI=1S/C17H16Cl2N2O2S/c1-10(24-16-6-4-3-5-13(16)19)17(23)21-15-9-12(18)7-8-14(15)20-11(2)22/h3-10H,1-2H3,(H,20,22)(H,21,23). The fourth-order valence-electron chi connectivity index (χ4n) is 1.94. The maximum Gasteiger partial charge on any atom is 0.237 e. The minimum Gasteiger partial charge on any atom is -0.325 e. The van der Waals surface area contributed by atoms with E-state index >= 15 is 0 Å². The highest BCUT2D eigenvalue weighted by Gasteiger charge is 2.17. The molecule has 7 heteroatoms. The molecule has 2 N–H and O–H groups in total. The Morgan fingerprint density at radius 3 is 2.42 bits per heavy atom. The molecule has 1 unspecified atom stereocenters. The Kier molecular flexibility index (Phi) is 6.54. The molecular formula is C17H16Cl2N2O2S. The molecule has 0 aromatic heterocycles. The van der Waals surface area contributed by atoms with E-state index in [0.29, 0.717) is 21.4 Å². The third-order valence-electron chi connectivity index (χ3n) is 3.06. The number of benzene rings is 2. The van der Waals surface area contributed by atoms with Crippen molar-refractivity contribution in [1.29, 1.82) is 0 Å². The van der Waals surface area contributed by atoms with Gasteiger partial charge in [-0.15, -0.1) is 11.8 Å². The normalized spacial score (nSPS) is 11.7. The average Bonchev–Trinajstić information content (AvgIpc) is 2.51. The second-order valence-corrected chi connectivity index (χ2v) is 7.28. The number of carbonyl (C=O) groups excluding carboxylic acids is 2. The molecule has 0 bridgehead atoms. The van der Waals surface area contributed by atoms with Crippen LogP contribution in [0.2, 0.25) is 10.0 Å². The van der Waals surface area contributed by atoms with Gasteiger partial charge in [-0.2, -0.15) is 0 Å². The van der Waals surface area contributed by atoms with Crippen LogP contribution in [0.5, 0.6) is 0 Å². The lowest BCUT2D eigenvalue weighted by atomic mass is 10.2. The van der Waals surface area contributed by atoms with E-state index < -0.39 is 0 Å². The van der Waals surface area contributed by atoms with Crippen molar-refractivity contribution < 1.29 is 9.59 Å². The maximum absolute atomic E-state index is 12.4. The molecule has 126 valence electrons. The van der Waals surface area contributed by atoms with Crippen LogP contribution in [0.15, 0.2) is 47.4 Å². The molecule has 2 aromatic carbocycles. The summed E-state index contributed by atoms with van der Waals surface area (Å²) in [5.41, 5.74) is 0.949. The van der Waals surface area contributed by atoms with Gasteiger partial charge in [0.05, 0.1) is 21.6 Å². The van der Waals surface area contributed by atoms with Gasteiger partial charge in [-0.25, -0.2) is 0 Å². The van der Waals surface area contributed by atoms with Crippen molar-refractivity contribution in [3.8, 4) is 0 Å². The average molecular weight is 383 g/mol. The van der Waals surface area contributed by atoms with Gasteiger partial charge in [0.1, 0.15) is 0 Å². The highest BCUT2D eigenvalue weighted by Crippen LogP contribution is 2.31. The van der Waals surface area contributed by atoms with Gasteiger partial charge in [0.25, 0.3) is 0 Å².